The zero-order valence-corrected chi connectivity index (χ0v) is 16.1. The fourth-order valence-electron chi connectivity index (χ4n) is 3.67. The maximum absolute atomic E-state index is 12.5. The molecule has 4 rings (SSSR count). The number of pyridine rings is 3. The molecule has 1 N–H and O–H groups in total. The standard InChI is InChI=1S/C22H23N5O2/c28-21(5-10-25-22(29)18-4-1-8-23-14-18)27-11-6-16(7-12-27)19-13-20-17(15-26-19)3-2-9-24-20/h1-4,8-9,13-16H,5-7,10-12H2,(H,25,29). The van der Waals surface area contributed by atoms with E-state index in [1.54, 1.807) is 24.5 Å². The largest absolute Gasteiger partial charge is 0.351 e. The molecule has 0 aliphatic carbocycles. The van der Waals surface area contributed by atoms with Crippen LogP contribution >= 0.6 is 0 Å². The Kier molecular flexibility index (Phi) is 5.74. The number of aromatic nitrogens is 3. The van der Waals surface area contributed by atoms with E-state index >= 15 is 0 Å². The maximum Gasteiger partial charge on any atom is 0.252 e. The predicted octanol–water partition coefficient (Wildman–Crippen LogP) is 2.55. The number of likely N-dealkylation sites (tertiary alicyclic amines) is 1. The van der Waals surface area contributed by atoms with Crippen molar-refractivity contribution in [3.8, 4) is 0 Å². The van der Waals surface area contributed by atoms with Crippen molar-refractivity contribution in [2.75, 3.05) is 19.6 Å². The summed E-state index contributed by atoms with van der Waals surface area (Å²) < 4.78 is 0. The molecular formula is C22H23N5O2. The fraction of sp³-hybridized carbons (Fsp3) is 0.318. The van der Waals surface area contributed by atoms with Gasteiger partial charge in [0, 0.05) is 67.8 Å². The van der Waals surface area contributed by atoms with E-state index < -0.39 is 0 Å². The summed E-state index contributed by atoms with van der Waals surface area (Å²) in [4.78, 5) is 39.3. The summed E-state index contributed by atoms with van der Waals surface area (Å²) in [5.41, 5.74) is 2.51. The third-order valence-electron chi connectivity index (χ3n) is 5.32. The van der Waals surface area contributed by atoms with Gasteiger partial charge < -0.3 is 10.2 Å². The van der Waals surface area contributed by atoms with Crippen LogP contribution in [-0.4, -0.2) is 51.3 Å². The number of carbonyl (C=O) groups is 2. The van der Waals surface area contributed by atoms with Gasteiger partial charge in [-0.25, -0.2) is 0 Å². The smallest absolute Gasteiger partial charge is 0.252 e. The summed E-state index contributed by atoms with van der Waals surface area (Å²) in [6.45, 7) is 1.74. The molecule has 1 aliphatic heterocycles. The molecule has 4 heterocycles. The summed E-state index contributed by atoms with van der Waals surface area (Å²) >= 11 is 0. The van der Waals surface area contributed by atoms with Crippen molar-refractivity contribution in [1.82, 2.24) is 25.2 Å². The van der Waals surface area contributed by atoms with E-state index in [0.29, 0.717) is 37.5 Å². The van der Waals surface area contributed by atoms with Gasteiger partial charge >= 0.3 is 0 Å². The minimum absolute atomic E-state index is 0.0723. The van der Waals surface area contributed by atoms with Gasteiger partial charge in [0.25, 0.3) is 5.91 Å². The zero-order valence-electron chi connectivity index (χ0n) is 16.1. The van der Waals surface area contributed by atoms with Crippen LogP contribution in [0.25, 0.3) is 10.9 Å². The third-order valence-corrected chi connectivity index (χ3v) is 5.32. The van der Waals surface area contributed by atoms with Gasteiger partial charge in [0.15, 0.2) is 0 Å². The minimum atomic E-state index is -0.208. The minimum Gasteiger partial charge on any atom is -0.351 e. The summed E-state index contributed by atoms with van der Waals surface area (Å²) in [6, 6.07) is 9.39. The van der Waals surface area contributed by atoms with E-state index in [4.69, 9.17) is 0 Å². The normalized spacial score (nSPS) is 14.7. The van der Waals surface area contributed by atoms with Crippen LogP contribution < -0.4 is 5.32 Å². The Morgan fingerprint density at radius 2 is 1.90 bits per heavy atom. The van der Waals surface area contributed by atoms with Gasteiger partial charge in [0.05, 0.1) is 11.1 Å². The Bertz CT molecular complexity index is 1000. The van der Waals surface area contributed by atoms with Crippen molar-refractivity contribution in [1.29, 1.82) is 0 Å². The highest BCUT2D eigenvalue weighted by Gasteiger charge is 2.24. The maximum atomic E-state index is 12.5. The molecule has 1 aliphatic rings. The van der Waals surface area contributed by atoms with Crippen LogP contribution in [0.15, 0.2) is 55.1 Å². The molecule has 1 fully saturated rings. The van der Waals surface area contributed by atoms with Crippen molar-refractivity contribution < 1.29 is 9.59 Å². The highest BCUT2D eigenvalue weighted by atomic mass is 16.2. The zero-order chi connectivity index (χ0) is 20.1. The number of carbonyl (C=O) groups excluding carboxylic acids is 2. The Morgan fingerprint density at radius 3 is 2.69 bits per heavy atom. The molecule has 0 atom stereocenters. The lowest BCUT2D eigenvalue weighted by Gasteiger charge is -2.32. The molecule has 0 bridgehead atoms. The van der Waals surface area contributed by atoms with Crippen LogP contribution in [0.4, 0.5) is 0 Å². The molecule has 0 unspecified atom stereocenters. The second kappa shape index (κ2) is 8.77. The summed E-state index contributed by atoms with van der Waals surface area (Å²) in [5, 5.41) is 3.82. The summed E-state index contributed by atoms with van der Waals surface area (Å²) in [6.07, 6.45) is 8.87. The van der Waals surface area contributed by atoms with Crippen LogP contribution in [0.1, 0.15) is 41.2 Å². The van der Waals surface area contributed by atoms with Crippen molar-refractivity contribution in [2.45, 2.75) is 25.2 Å². The molecule has 0 aromatic carbocycles. The Morgan fingerprint density at radius 1 is 1.07 bits per heavy atom. The second-order valence-corrected chi connectivity index (χ2v) is 7.21. The number of rotatable bonds is 5. The number of hydrogen-bond acceptors (Lipinski definition) is 5. The first-order chi connectivity index (χ1) is 14.2. The van der Waals surface area contributed by atoms with Crippen LogP contribution in [0.5, 0.6) is 0 Å². The Labute approximate surface area is 169 Å². The molecule has 7 nitrogen and oxygen atoms in total. The van der Waals surface area contributed by atoms with Gasteiger partial charge in [-0.15, -0.1) is 0 Å². The third kappa shape index (κ3) is 4.56. The summed E-state index contributed by atoms with van der Waals surface area (Å²) in [5.74, 6) is 0.208. The molecule has 3 aromatic rings. The van der Waals surface area contributed by atoms with Crippen LogP contribution in [-0.2, 0) is 4.79 Å². The van der Waals surface area contributed by atoms with Crippen molar-refractivity contribution in [3.05, 3.63) is 66.4 Å². The predicted molar refractivity (Wildman–Crippen MR) is 109 cm³/mol. The average Bonchev–Trinajstić information content (AvgIpc) is 2.79. The second-order valence-electron chi connectivity index (χ2n) is 7.21. The highest BCUT2D eigenvalue weighted by Crippen LogP contribution is 2.28. The van der Waals surface area contributed by atoms with Crippen molar-refractivity contribution in [3.63, 3.8) is 0 Å². The van der Waals surface area contributed by atoms with Gasteiger partial charge in [-0.05, 0) is 43.2 Å². The number of amides is 2. The van der Waals surface area contributed by atoms with Gasteiger partial charge in [-0.2, -0.15) is 0 Å². The number of nitrogens with one attached hydrogen (secondary N) is 1. The first kappa shape index (κ1) is 19.0. The van der Waals surface area contributed by atoms with Crippen LogP contribution in [0, 0.1) is 0 Å². The molecule has 0 saturated carbocycles. The fourth-order valence-corrected chi connectivity index (χ4v) is 3.67. The number of piperidine rings is 1. The van der Waals surface area contributed by atoms with Gasteiger partial charge in [0.2, 0.25) is 5.91 Å². The lowest BCUT2D eigenvalue weighted by molar-refractivity contribution is -0.132. The topological polar surface area (TPSA) is 88.1 Å². The lowest BCUT2D eigenvalue weighted by atomic mass is 9.92. The molecule has 3 aromatic heterocycles. The molecule has 2 amide bonds. The van der Waals surface area contributed by atoms with E-state index in [-0.39, 0.29) is 11.8 Å². The lowest BCUT2D eigenvalue weighted by Crippen LogP contribution is -2.39. The van der Waals surface area contributed by atoms with Gasteiger partial charge in [-0.1, -0.05) is 0 Å². The van der Waals surface area contributed by atoms with Gasteiger partial charge in [-0.3, -0.25) is 24.5 Å². The van der Waals surface area contributed by atoms with E-state index in [1.165, 1.54) is 6.20 Å². The first-order valence-electron chi connectivity index (χ1n) is 9.87. The number of nitrogens with zero attached hydrogens (tertiary/aromatic N) is 4. The molecule has 7 heteroatoms. The van der Waals surface area contributed by atoms with Crippen LogP contribution in [0.2, 0.25) is 0 Å². The number of hydrogen-bond donors (Lipinski definition) is 1. The van der Waals surface area contributed by atoms with Crippen molar-refractivity contribution in [2.24, 2.45) is 0 Å². The molecular weight excluding hydrogens is 366 g/mol. The quantitative estimate of drug-likeness (QED) is 0.725. The molecule has 0 spiro atoms. The van der Waals surface area contributed by atoms with Crippen LogP contribution in [0.3, 0.4) is 0 Å². The Balaban J connectivity index is 1.25. The summed E-state index contributed by atoms with van der Waals surface area (Å²) in [7, 11) is 0. The molecule has 1 saturated heterocycles. The van der Waals surface area contributed by atoms with E-state index in [0.717, 1.165) is 29.4 Å². The van der Waals surface area contributed by atoms with Crippen molar-refractivity contribution >= 4 is 22.7 Å². The number of fused-ring (bicyclic) bond motifs is 1. The van der Waals surface area contributed by atoms with Gasteiger partial charge in [0.1, 0.15) is 0 Å². The van der Waals surface area contributed by atoms with E-state index in [9.17, 15) is 9.59 Å². The average molecular weight is 389 g/mol. The molecule has 148 valence electrons. The first-order valence-corrected chi connectivity index (χ1v) is 9.87. The van der Waals surface area contributed by atoms with E-state index in [2.05, 4.69) is 26.3 Å². The highest BCUT2D eigenvalue weighted by molar-refractivity contribution is 5.94. The SMILES string of the molecule is O=C(NCCC(=O)N1CCC(c2cc3ncccc3cn2)CC1)c1cccnc1. The Hall–Kier alpha value is -3.35. The van der Waals surface area contributed by atoms with E-state index in [1.807, 2.05) is 23.2 Å². The molecule has 0 radical (unpaired) electrons. The molecule has 29 heavy (non-hydrogen) atoms. The monoisotopic (exact) mass is 389 g/mol.